The minimum Gasteiger partial charge on any atom is -0.445 e. The van der Waals surface area contributed by atoms with Gasteiger partial charge in [0.25, 0.3) is 5.91 Å². The zero-order chi connectivity index (χ0) is 17.2. The maximum absolute atomic E-state index is 11.9. The smallest absolute Gasteiger partial charge is 0.407 e. The van der Waals surface area contributed by atoms with Gasteiger partial charge >= 0.3 is 6.09 Å². The molecule has 2 rings (SSSR count). The minimum absolute atomic E-state index is 0.102. The van der Waals surface area contributed by atoms with Crippen LogP contribution in [-0.2, 0) is 11.3 Å². The van der Waals surface area contributed by atoms with Crippen molar-refractivity contribution in [3.05, 3.63) is 71.8 Å². The van der Waals surface area contributed by atoms with Crippen LogP contribution in [0.15, 0.2) is 60.7 Å². The monoisotopic (exact) mass is 328 g/mol. The third-order valence-electron chi connectivity index (χ3n) is 3.30. The molecule has 126 valence electrons. The summed E-state index contributed by atoms with van der Waals surface area (Å²) in [4.78, 5) is 23.7. The summed E-state index contributed by atoms with van der Waals surface area (Å²) in [6.07, 6.45) is -0.646. The van der Waals surface area contributed by atoms with Crippen LogP contribution < -0.4 is 10.6 Å². The molecule has 0 fully saturated rings. The van der Waals surface area contributed by atoms with Crippen molar-refractivity contribution in [2.45, 2.75) is 12.6 Å². The third-order valence-corrected chi connectivity index (χ3v) is 3.30. The van der Waals surface area contributed by atoms with E-state index in [0.29, 0.717) is 5.56 Å². The van der Waals surface area contributed by atoms with E-state index in [4.69, 9.17) is 4.74 Å². The van der Waals surface area contributed by atoms with Crippen molar-refractivity contribution in [2.75, 3.05) is 13.2 Å². The molecule has 0 spiro atoms. The summed E-state index contributed by atoms with van der Waals surface area (Å²) in [5.74, 6) is -0.270. The summed E-state index contributed by atoms with van der Waals surface area (Å²) in [5, 5.41) is 14.5. The standard InChI is InChI=1S/C18H20N2O4/c21-12-16(11-19-17(22)15-9-5-2-6-10-15)20-18(23)24-13-14-7-3-1-4-8-14/h1-10,16,21H,11-13H2,(H,19,22)(H,20,23)/t16-/m0/s1. The number of hydrogen-bond donors (Lipinski definition) is 3. The van der Waals surface area contributed by atoms with Gasteiger partial charge in [-0.3, -0.25) is 4.79 Å². The summed E-state index contributed by atoms with van der Waals surface area (Å²) < 4.78 is 5.08. The van der Waals surface area contributed by atoms with Crippen LogP contribution in [0.25, 0.3) is 0 Å². The van der Waals surface area contributed by atoms with E-state index in [-0.39, 0.29) is 25.7 Å². The Hall–Kier alpha value is -2.86. The van der Waals surface area contributed by atoms with Gasteiger partial charge in [0.05, 0.1) is 12.6 Å². The SMILES string of the molecule is O=C(N[C@H](CO)CNC(=O)c1ccccc1)OCc1ccccc1. The second-order valence-electron chi connectivity index (χ2n) is 5.16. The van der Waals surface area contributed by atoms with E-state index in [9.17, 15) is 14.7 Å². The number of alkyl carbamates (subject to hydrolysis) is 1. The second-order valence-corrected chi connectivity index (χ2v) is 5.16. The average Bonchev–Trinajstić information content (AvgIpc) is 2.64. The summed E-state index contributed by atoms with van der Waals surface area (Å²) in [7, 11) is 0. The molecule has 0 aliphatic rings. The number of benzene rings is 2. The molecule has 2 amide bonds. The zero-order valence-electron chi connectivity index (χ0n) is 13.1. The van der Waals surface area contributed by atoms with Gasteiger partial charge in [-0.05, 0) is 17.7 Å². The number of amides is 2. The molecule has 0 radical (unpaired) electrons. The van der Waals surface area contributed by atoms with Crippen molar-refractivity contribution < 1.29 is 19.4 Å². The van der Waals surface area contributed by atoms with Crippen LogP contribution in [0.3, 0.4) is 0 Å². The van der Waals surface area contributed by atoms with Crippen LogP contribution in [0.4, 0.5) is 4.79 Å². The van der Waals surface area contributed by atoms with Crippen LogP contribution in [0.2, 0.25) is 0 Å². The van der Waals surface area contributed by atoms with E-state index in [1.807, 2.05) is 36.4 Å². The zero-order valence-corrected chi connectivity index (χ0v) is 13.1. The number of aliphatic hydroxyl groups is 1. The van der Waals surface area contributed by atoms with Gasteiger partial charge < -0.3 is 20.5 Å². The van der Waals surface area contributed by atoms with Crippen molar-refractivity contribution in [3.8, 4) is 0 Å². The average molecular weight is 328 g/mol. The van der Waals surface area contributed by atoms with Crippen molar-refractivity contribution in [3.63, 3.8) is 0 Å². The predicted molar refractivity (Wildman–Crippen MR) is 89.4 cm³/mol. The fourth-order valence-corrected chi connectivity index (χ4v) is 2.00. The topological polar surface area (TPSA) is 87.7 Å². The molecule has 0 aromatic heterocycles. The first-order valence-corrected chi connectivity index (χ1v) is 7.60. The minimum atomic E-state index is -0.646. The molecular weight excluding hydrogens is 308 g/mol. The Morgan fingerprint density at radius 2 is 1.62 bits per heavy atom. The molecule has 2 aromatic carbocycles. The van der Waals surface area contributed by atoms with E-state index < -0.39 is 12.1 Å². The lowest BCUT2D eigenvalue weighted by Crippen LogP contribution is -2.46. The molecule has 1 atom stereocenters. The Morgan fingerprint density at radius 1 is 1.00 bits per heavy atom. The first-order valence-electron chi connectivity index (χ1n) is 7.60. The van der Waals surface area contributed by atoms with Crippen LogP contribution in [0, 0.1) is 0 Å². The number of carbonyl (C=O) groups is 2. The molecule has 0 bridgehead atoms. The highest BCUT2D eigenvalue weighted by Gasteiger charge is 2.14. The number of nitrogens with one attached hydrogen (secondary N) is 2. The van der Waals surface area contributed by atoms with Crippen molar-refractivity contribution >= 4 is 12.0 Å². The van der Waals surface area contributed by atoms with E-state index in [2.05, 4.69) is 10.6 Å². The first kappa shape index (κ1) is 17.5. The molecule has 3 N–H and O–H groups in total. The maximum Gasteiger partial charge on any atom is 0.407 e. The van der Waals surface area contributed by atoms with E-state index in [1.54, 1.807) is 24.3 Å². The lowest BCUT2D eigenvalue weighted by Gasteiger charge is -2.17. The molecule has 6 heteroatoms. The van der Waals surface area contributed by atoms with Gasteiger partial charge in [0.1, 0.15) is 6.61 Å². The Balaban J connectivity index is 1.75. The second kappa shape index (κ2) is 9.32. The lowest BCUT2D eigenvalue weighted by atomic mass is 10.2. The highest BCUT2D eigenvalue weighted by atomic mass is 16.5. The maximum atomic E-state index is 11.9. The number of ether oxygens (including phenoxy) is 1. The Labute approximate surface area is 140 Å². The summed E-state index contributed by atoms with van der Waals surface area (Å²) in [6.45, 7) is -0.0681. The number of carbonyl (C=O) groups excluding carboxylic acids is 2. The highest BCUT2D eigenvalue weighted by molar-refractivity contribution is 5.94. The van der Waals surface area contributed by atoms with E-state index in [1.165, 1.54) is 0 Å². The molecule has 6 nitrogen and oxygen atoms in total. The first-order chi connectivity index (χ1) is 11.7. The van der Waals surface area contributed by atoms with Crippen LogP contribution in [0.5, 0.6) is 0 Å². The molecule has 24 heavy (non-hydrogen) atoms. The Bertz CT molecular complexity index is 647. The number of hydrogen-bond acceptors (Lipinski definition) is 4. The quantitative estimate of drug-likeness (QED) is 0.722. The number of aliphatic hydroxyl groups excluding tert-OH is 1. The molecule has 0 aliphatic heterocycles. The molecule has 0 heterocycles. The molecule has 0 unspecified atom stereocenters. The van der Waals surface area contributed by atoms with E-state index in [0.717, 1.165) is 5.56 Å². The van der Waals surface area contributed by atoms with Gasteiger partial charge in [-0.1, -0.05) is 48.5 Å². The third kappa shape index (κ3) is 5.73. The van der Waals surface area contributed by atoms with Gasteiger partial charge in [-0.25, -0.2) is 4.79 Å². The molecule has 0 saturated heterocycles. The normalized spacial score (nSPS) is 11.4. The van der Waals surface area contributed by atoms with Crippen molar-refractivity contribution in [1.29, 1.82) is 0 Å². The van der Waals surface area contributed by atoms with E-state index >= 15 is 0 Å². The van der Waals surface area contributed by atoms with Crippen molar-refractivity contribution in [2.24, 2.45) is 0 Å². The Kier molecular flexibility index (Phi) is 6.79. The molecule has 0 saturated carbocycles. The van der Waals surface area contributed by atoms with Gasteiger partial charge in [0.15, 0.2) is 0 Å². The van der Waals surface area contributed by atoms with Crippen LogP contribution >= 0.6 is 0 Å². The summed E-state index contributed by atoms with van der Waals surface area (Å²) in [6, 6.07) is 17.4. The Morgan fingerprint density at radius 3 is 2.25 bits per heavy atom. The fraction of sp³-hybridized carbons (Fsp3) is 0.222. The molecule has 2 aromatic rings. The van der Waals surface area contributed by atoms with Gasteiger partial charge in [-0.15, -0.1) is 0 Å². The number of rotatable bonds is 7. The lowest BCUT2D eigenvalue weighted by molar-refractivity contribution is 0.0937. The highest BCUT2D eigenvalue weighted by Crippen LogP contribution is 2.01. The summed E-state index contributed by atoms with van der Waals surface area (Å²) in [5.41, 5.74) is 1.38. The largest absolute Gasteiger partial charge is 0.445 e. The molecular formula is C18H20N2O4. The van der Waals surface area contributed by atoms with Gasteiger partial charge in [0, 0.05) is 12.1 Å². The molecule has 0 aliphatic carbocycles. The van der Waals surface area contributed by atoms with Gasteiger partial charge in [0.2, 0.25) is 0 Å². The summed E-state index contributed by atoms with van der Waals surface area (Å²) >= 11 is 0. The van der Waals surface area contributed by atoms with Crippen molar-refractivity contribution in [1.82, 2.24) is 10.6 Å². The van der Waals surface area contributed by atoms with Gasteiger partial charge in [-0.2, -0.15) is 0 Å². The fourth-order valence-electron chi connectivity index (χ4n) is 2.00. The van der Waals surface area contributed by atoms with Crippen LogP contribution in [0.1, 0.15) is 15.9 Å². The van der Waals surface area contributed by atoms with Crippen LogP contribution in [-0.4, -0.2) is 36.3 Å². The predicted octanol–water partition coefficient (Wildman–Crippen LogP) is 1.70.